The first-order valence-electron chi connectivity index (χ1n) is 19.4. The van der Waals surface area contributed by atoms with Crippen LogP contribution in [0.1, 0.15) is 150 Å². The molecule has 276 valence electrons. The third-order valence-electron chi connectivity index (χ3n) is 12.9. The lowest BCUT2D eigenvalue weighted by atomic mass is 9.71. The molecule has 5 fully saturated rings. The Morgan fingerprint density at radius 1 is 0.857 bits per heavy atom. The van der Waals surface area contributed by atoms with E-state index in [1.807, 2.05) is 0 Å². The van der Waals surface area contributed by atoms with E-state index < -0.39 is 49.6 Å². The fourth-order valence-corrected chi connectivity index (χ4v) is 11.0. The molecule has 0 unspecified atom stereocenters. The minimum Gasteiger partial charge on any atom is -0.347 e. The minimum absolute atomic E-state index is 0.000130. The molecule has 5 aliphatic rings. The number of sulfone groups is 1. The van der Waals surface area contributed by atoms with Crippen LogP contribution in [0.4, 0.5) is 0 Å². The van der Waals surface area contributed by atoms with Gasteiger partial charge in [-0.15, -0.1) is 0 Å². The molecule has 1 N–H and O–H groups in total. The lowest BCUT2D eigenvalue weighted by molar-refractivity contribution is -0.146. The van der Waals surface area contributed by atoms with Gasteiger partial charge >= 0.3 is 0 Å². The Labute approximate surface area is 294 Å². The Bertz CT molecular complexity index is 1390. The Morgan fingerprint density at radius 3 is 2.06 bits per heavy atom. The molecule has 49 heavy (non-hydrogen) atoms. The smallest absolute Gasteiger partial charge is 0.287 e. The van der Waals surface area contributed by atoms with Crippen molar-refractivity contribution in [2.75, 3.05) is 12.3 Å². The molecule has 2 amide bonds. The SMILES string of the molecule is CC1(C)[C@@H]2[C@H]3C(=O)C[C@H](C(=O)C(=O)NC4CC4)CCCCCCCC[C@H](CC(=O)CC4(CS(=O)(=O)C(C)(C)C)CCCCC4)C(=O)N3C[C@@H]21. The number of amides is 2. The second kappa shape index (κ2) is 14.9. The predicted octanol–water partition coefficient (Wildman–Crippen LogP) is 6.16. The summed E-state index contributed by atoms with van der Waals surface area (Å²) in [5.74, 6) is -2.53. The number of carbonyl (C=O) groups excluding carboxylic acids is 5. The summed E-state index contributed by atoms with van der Waals surface area (Å²) in [6.45, 7) is 9.89. The van der Waals surface area contributed by atoms with E-state index in [9.17, 15) is 32.4 Å². The third-order valence-corrected chi connectivity index (χ3v) is 15.7. The monoisotopic (exact) mass is 702 g/mol. The zero-order chi connectivity index (χ0) is 35.8. The quantitative estimate of drug-likeness (QED) is 0.285. The van der Waals surface area contributed by atoms with Crippen LogP contribution in [0.15, 0.2) is 0 Å². The normalized spacial score (nSPS) is 31.1. The Hall–Kier alpha value is -2.10. The highest BCUT2D eigenvalue weighted by Crippen LogP contribution is 2.65. The first-order chi connectivity index (χ1) is 23.0. The number of Topliss-reactive ketones (excluding diaryl/α,β-unsaturated/α-hetero) is 3. The number of rotatable bonds is 9. The summed E-state index contributed by atoms with van der Waals surface area (Å²) in [6, 6.07) is -0.598. The highest BCUT2D eigenvalue weighted by Gasteiger charge is 2.69. The molecule has 2 aliphatic heterocycles. The molecule has 3 aliphatic carbocycles. The van der Waals surface area contributed by atoms with Crippen LogP contribution in [-0.2, 0) is 33.8 Å². The number of ketones is 3. The number of fused-ring (bicyclic) bond motifs is 3. The van der Waals surface area contributed by atoms with Crippen molar-refractivity contribution in [3.05, 3.63) is 0 Å². The molecule has 0 aromatic heterocycles. The van der Waals surface area contributed by atoms with E-state index in [-0.39, 0.29) is 65.8 Å². The molecule has 0 aromatic rings. The van der Waals surface area contributed by atoms with E-state index in [1.165, 1.54) is 0 Å². The molecule has 2 heterocycles. The number of hydrogen-bond donors (Lipinski definition) is 1. The van der Waals surface area contributed by atoms with Gasteiger partial charge in [-0.25, -0.2) is 8.42 Å². The van der Waals surface area contributed by atoms with Gasteiger partial charge in [0.25, 0.3) is 5.91 Å². The van der Waals surface area contributed by atoms with Gasteiger partial charge in [0.1, 0.15) is 5.78 Å². The molecule has 0 bridgehead atoms. The van der Waals surface area contributed by atoms with Crippen LogP contribution in [0.5, 0.6) is 0 Å². The third kappa shape index (κ3) is 8.86. The molecular weight excluding hydrogens is 641 g/mol. The van der Waals surface area contributed by atoms with E-state index in [0.29, 0.717) is 32.2 Å². The molecule has 0 radical (unpaired) electrons. The average Bonchev–Trinajstić information content (AvgIpc) is 3.86. The molecule has 3 saturated carbocycles. The van der Waals surface area contributed by atoms with Crippen molar-refractivity contribution in [3.63, 3.8) is 0 Å². The van der Waals surface area contributed by atoms with Crippen LogP contribution in [0.3, 0.4) is 0 Å². The highest BCUT2D eigenvalue weighted by atomic mass is 32.2. The summed E-state index contributed by atoms with van der Waals surface area (Å²) in [7, 11) is -3.45. The van der Waals surface area contributed by atoms with Gasteiger partial charge in [-0.1, -0.05) is 71.6 Å². The lowest BCUT2D eigenvalue weighted by Crippen LogP contribution is -2.49. The molecule has 9 nitrogen and oxygen atoms in total. The molecule has 5 rings (SSSR count). The Balaban J connectivity index is 1.36. The first kappa shape index (κ1) is 38.1. The van der Waals surface area contributed by atoms with E-state index in [2.05, 4.69) is 19.2 Å². The van der Waals surface area contributed by atoms with Crippen molar-refractivity contribution < 1.29 is 32.4 Å². The molecule has 10 heteroatoms. The highest BCUT2D eigenvalue weighted by molar-refractivity contribution is 7.92. The number of piperidine rings is 1. The fourth-order valence-electron chi connectivity index (χ4n) is 9.34. The van der Waals surface area contributed by atoms with Crippen LogP contribution in [-0.4, -0.2) is 71.6 Å². The van der Waals surface area contributed by atoms with Gasteiger partial charge < -0.3 is 10.2 Å². The van der Waals surface area contributed by atoms with Crippen LogP contribution in [0.2, 0.25) is 0 Å². The number of carbonyl (C=O) groups is 5. The predicted molar refractivity (Wildman–Crippen MR) is 189 cm³/mol. The van der Waals surface area contributed by atoms with Crippen LogP contribution in [0, 0.1) is 34.5 Å². The molecule has 0 aromatic carbocycles. The number of nitrogens with zero attached hydrogens (tertiary/aromatic N) is 1. The Morgan fingerprint density at radius 2 is 1.45 bits per heavy atom. The van der Waals surface area contributed by atoms with Crippen LogP contribution < -0.4 is 5.32 Å². The Kier molecular flexibility index (Phi) is 11.6. The molecule has 2 saturated heterocycles. The molecular formula is C39H62N2O7S. The van der Waals surface area contributed by atoms with E-state index >= 15 is 0 Å². The first-order valence-corrected chi connectivity index (χ1v) is 21.0. The van der Waals surface area contributed by atoms with Gasteiger partial charge in [0.05, 0.1) is 16.5 Å². The van der Waals surface area contributed by atoms with Crippen molar-refractivity contribution in [2.45, 2.75) is 167 Å². The van der Waals surface area contributed by atoms with Gasteiger partial charge in [-0.05, 0) is 82.0 Å². The summed E-state index contributed by atoms with van der Waals surface area (Å²) in [6.07, 6.45) is 12.6. The summed E-state index contributed by atoms with van der Waals surface area (Å²) in [5.41, 5.74) is -0.699. The van der Waals surface area contributed by atoms with Crippen molar-refractivity contribution in [3.8, 4) is 0 Å². The van der Waals surface area contributed by atoms with E-state index in [4.69, 9.17) is 0 Å². The van der Waals surface area contributed by atoms with Crippen LogP contribution in [0.25, 0.3) is 0 Å². The van der Waals surface area contributed by atoms with Gasteiger partial charge in [-0.3, -0.25) is 24.0 Å². The van der Waals surface area contributed by atoms with Gasteiger partial charge in [0.2, 0.25) is 11.7 Å². The largest absolute Gasteiger partial charge is 0.347 e. The van der Waals surface area contributed by atoms with Crippen molar-refractivity contribution >= 4 is 39.0 Å². The zero-order valence-electron chi connectivity index (χ0n) is 30.8. The van der Waals surface area contributed by atoms with Crippen molar-refractivity contribution in [2.24, 2.45) is 34.5 Å². The summed E-state index contributed by atoms with van der Waals surface area (Å²) >= 11 is 0. The number of nitrogens with one attached hydrogen (secondary N) is 1. The summed E-state index contributed by atoms with van der Waals surface area (Å²) in [5, 5.41) is 2.81. The maximum Gasteiger partial charge on any atom is 0.287 e. The zero-order valence-corrected chi connectivity index (χ0v) is 31.6. The van der Waals surface area contributed by atoms with E-state index in [1.54, 1.807) is 25.7 Å². The maximum atomic E-state index is 14.5. The van der Waals surface area contributed by atoms with Crippen molar-refractivity contribution in [1.29, 1.82) is 0 Å². The second-order valence-electron chi connectivity index (χ2n) is 18.1. The maximum absolute atomic E-state index is 14.5. The van der Waals surface area contributed by atoms with E-state index in [0.717, 1.165) is 70.6 Å². The summed E-state index contributed by atoms with van der Waals surface area (Å²) in [4.78, 5) is 70.6. The second-order valence-corrected chi connectivity index (χ2v) is 20.9. The molecule has 0 spiro atoms. The lowest BCUT2D eigenvalue weighted by Gasteiger charge is -2.39. The van der Waals surface area contributed by atoms with Crippen LogP contribution >= 0.6 is 0 Å². The minimum atomic E-state index is -3.45. The standard InChI is InChI=1S/C39H62N2O7S/c1-37(2,3)49(47,48)25-39(19-13-10-14-20-39)23-29(42)21-27-16-12-9-7-6-8-11-15-26(34(44)35(45)40-28-17-18-28)22-31(43)33-32-30(38(32,4)5)24-41(33)36(27)46/h26-28,30,32-33H,6-25H2,1-5H3,(H,40,45)/t26-,27-,30+,32+,33-/m1/s1. The number of hydrogen-bond acceptors (Lipinski definition) is 7. The molecule has 5 atom stereocenters. The fraction of sp³-hybridized carbons (Fsp3) is 0.872. The average molecular weight is 703 g/mol. The van der Waals surface area contributed by atoms with Gasteiger partial charge in [-0.2, -0.15) is 0 Å². The topological polar surface area (TPSA) is 135 Å². The van der Waals surface area contributed by atoms with Gasteiger partial charge in [0, 0.05) is 43.7 Å². The van der Waals surface area contributed by atoms with Gasteiger partial charge in [0.15, 0.2) is 15.6 Å². The van der Waals surface area contributed by atoms with Crippen molar-refractivity contribution in [1.82, 2.24) is 10.2 Å². The summed E-state index contributed by atoms with van der Waals surface area (Å²) < 4.78 is 25.9.